The minimum Gasteiger partial charge on any atom is -0.462 e. The summed E-state index contributed by atoms with van der Waals surface area (Å²) in [4.78, 5) is 38.4. The summed E-state index contributed by atoms with van der Waals surface area (Å²) in [7, 11) is 0. The molecular formula is C77H130O6. The van der Waals surface area contributed by atoms with Crippen LogP contribution in [0.25, 0.3) is 0 Å². The Bertz CT molecular complexity index is 1700. The second kappa shape index (κ2) is 70.3. The predicted octanol–water partition coefficient (Wildman–Crippen LogP) is 24.3. The van der Waals surface area contributed by atoms with Gasteiger partial charge in [-0.05, 0) is 128 Å². The molecule has 0 aromatic heterocycles. The molecule has 0 amide bonds. The molecule has 0 bridgehead atoms. The van der Waals surface area contributed by atoms with E-state index < -0.39 is 6.10 Å². The molecule has 1 unspecified atom stereocenters. The highest BCUT2D eigenvalue weighted by molar-refractivity contribution is 5.71. The third-order valence-electron chi connectivity index (χ3n) is 14.9. The van der Waals surface area contributed by atoms with Gasteiger partial charge in [0.2, 0.25) is 0 Å². The second-order valence-corrected chi connectivity index (χ2v) is 23.0. The van der Waals surface area contributed by atoms with Crippen LogP contribution in [-0.2, 0) is 28.6 Å². The van der Waals surface area contributed by atoms with Gasteiger partial charge in [-0.1, -0.05) is 303 Å². The molecule has 0 aliphatic carbocycles. The largest absolute Gasteiger partial charge is 0.462 e. The van der Waals surface area contributed by atoms with Gasteiger partial charge in [0, 0.05) is 19.3 Å². The highest BCUT2D eigenvalue weighted by Crippen LogP contribution is 2.17. The Kier molecular flexibility index (Phi) is 66.7. The van der Waals surface area contributed by atoms with Crippen LogP contribution in [-0.4, -0.2) is 37.2 Å². The van der Waals surface area contributed by atoms with Crippen molar-refractivity contribution >= 4 is 17.9 Å². The Hall–Kier alpha value is -4.19. The molecule has 0 saturated carbocycles. The van der Waals surface area contributed by atoms with Crippen molar-refractivity contribution in [3.05, 3.63) is 122 Å². The topological polar surface area (TPSA) is 78.9 Å². The Morgan fingerprint density at radius 1 is 0.253 bits per heavy atom. The van der Waals surface area contributed by atoms with Gasteiger partial charge < -0.3 is 14.2 Å². The average Bonchev–Trinajstić information content (AvgIpc) is 3.49. The Balaban J connectivity index is 4.26. The molecule has 0 radical (unpaired) electrons. The fourth-order valence-electron chi connectivity index (χ4n) is 9.75. The van der Waals surface area contributed by atoms with E-state index in [0.29, 0.717) is 19.3 Å². The molecule has 0 saturated heterocycles. The molecule has 83 heavy (non-hydrogen) atoms. The SMILES string of the molecule is CC/C=C\C/C=C\C/C=C\C/C=C\C/C=C\CCCCCCCC(=O)OC(COC(=O)CCCCCCC/C=C\CCCCCC)COC(=O)CCCCCCCCCCCCCCCCCCCC/C=C\C/C=C\C/C=C\C/C=C\CC. The van der Waals surface area contributed by atoms with Gasteiger partial charge in [-0.25, -0.2) is 0 Å². The summed E-state index contributed by atoms with van der Waals surface area (Å²) >= 11 is 0. The van der Waals surface area contributed by atoms with Crippen molar-refractivity contribution in [2.24, 2.45) is 0 Å². The summed E-state index contributed by atoms with van der Waals surface area (Å²) in [5, 5.41) is 0. The van der Waals surface area contributed by atoms with Gasteiger partial charge in [-0.2, -0.15) is 0 Å². The zero-order valence-corrected chi connectivity index (χ0v) is 54.4. The number of rotatable bonds is 63. The first-order valence-corrected chi connectivity index (χ1v) is 35.0. The third kappa shape index (κ3) is 68.5. The van der Waals surface area contributed by atoms with Crippen LogP contribution in [0.1, 0.15) is 329 Å². The van der Waals surface area contributed by atoms with Crippen molar-refractivity contribution in [3.8, 4) is 0 Å². The lowest BCUT2D eigenvalue weighted by Crippen LogP contribution is -2.30. The van der Waals surface area contributed by atoms with E-state index in [9.17, 15) is 14.4 Å². The smallest absolute Gasteiger partial charge is 0.306 e. The predicted molar refractivity (Wildman–Crippen MR) is 362 cm³/mol. The summed E-state index contributed by atoms with van der Waals surface area (Å²) in [6.45, 7) is 6.40. The fourth-order valence-corrected chi connectivity index (χ4v) is 9.75. The molecule has 0 aliphatic heterocycles. The van der Waals surface area contributed by atoms with Gasteiger partial charge in [0.25, 0.3) is 0 Å². The van der Waals surface area contributed by atoms with Gasteiger partial charge in [-0.3, -0.25) is 14.4 Å². The first kappa shape index (κ1) is 78.8. The summed E-state index contributed by atoms with van der Waals surface area (Å²) in [5.41, 5.74) is 0. The summed E-state index contributed by atoms with van der Waals surface area (Å²) in [6.07, 6.45) is 98.0. The number of carbonyl (C=O) groups is 3. The van der Waals surface area contributed by atoms with Crippen LogP contribution in [0, 0.1) is 0 Å². The maximum atomic E-state index is 12.9. The molecule has 6 heteroatoms. The molecular weight excluding hydrogens is 1020 g/mol. The Morgan fingerprint density at radius 3 is 0.747 bits per heavy atom. The van der Waals surface area contributed by atoms with Crippen LogP contribution in [0.2, 0.25) is 0 Å². The molecule has 1 atom stereocenters. The third-order valence-corrected chi connectivity index (χ3v) is 14.9. The van der Waals surface area contributed by atoms with E-state index in [1.165, 1.54) is 148 Å². The maximum absolute atomic E-state index is 12.9. The minimum atomic E-state index is -0.795. The van der Waals surface area contributed by atoms with Crippen molar-refractivity contribution in [1.29, 1.82) is 0 Å². The van der Waals surface area contributed by atoms with Gasteiger partial charge in [0.05, 0.1) is 0 Å². The number of hydrogen-bond donors (Lipinski definition) is 0. The molecule has 0 aromatic carbocycles. The summed E-state index contributed by atoms with van der Waals surface area (Å²) in [6, 6.07) is 0. The molecule has 474 valence electrons. The van der Waals surface area contributed by atoms with E-state index in [4.69, 9.17) is 14.2 Å². The number of esters is 3. The lowest BCUT2D eigenvalue weighted by Gasteiger charge is -2.18. The molecule has 0 heterocycles. The highest BCUT2D eigenvalue weighted by atomic mass is 16.6. The lowest BCUT2D eigenvalue weighted by atomic mass is 10.0. The maximum Gasteiger partial charge on any atom is 0.306 e. The van der Waals surface area contributed by atoms with Gasteiger partial charge in [0.15, 0.2) is 6.10 Å². The lowest BCUT2D eigenvalue weighted by molar-refractivity contribution is -0.167. The van der Waals surface area contributed by atoms with E-state index in [1.54, 1.807) is 0 Å². The number of allylic oxidation sites excluding steroid dienone is 20. The van der Waals surface area contributed by atoms with Crippen LogP contribution in [0.5, 0.6) is 0 Å². The van der Waals surface area contributed by atoms with Crippen molar-refractivity contribution in [2.75, 3.05) is 13.2 Å². The zero-order chi connectivity index (χ0) is 59.9. The van der Waals surface area contributed by atoms with Crippen molar-refractivity contribution in [1.82, 2.24) is 0 Å². The zero-order valence-electron chi connectivity index (χ0n) is 54.4. The first-order chi connectivity index (χ1) is 41.0. The molecule has 0 aromatic rings. The van der Waals surface area contributed by atoms with Crippen LogP contribution >= 0.6 is 0 Å². The molecule has 0 rings (SSSR count). The van der Waals surface area contributed by atoms with Crippen molar-refractivity contribution < 1.29 is 28.6 Å². The number of hydrogen-bond acceptors (Lipinski definition) is 6. The number of carbonyl (C=O) groups excluding carboxylic acids is 3. The minimum absolute atomic E-state index is 0.0878. The van der Waals surface area contributed by atoms with Gasteiger partial charge in [0.1, 0.15) is 13.2 Å². The van der Waals surface area contributed by atoms with E-state index in [2.05, 4.69) is 142 Å². The van der Waals surface area contributed by atoms with E-state index >= 15 is 0 Å². The fraction of sp³-hybridized carbons (Fsp3) is 0.701. The summed E-state index contributed by atoms with van der Waals surface area (Å²) in [5.74, 6) is -0.905. The second-order valence-electron chi connectivity index (χ2n) is 23.0. The van der Waals surface area contributed by atoms with Crippen LogP contribution in [0.15, 0.2) is 122 Å². The van der Waals surface area contributed by atoms with Gasteiger partial charge >= 0.3 is 17.9 Å². The van der Waals surface area contributed by atoms with E-state index in [-0.39, 0.29) is 31.1 Å². The molecule has 0 aliphatic rings. The van der Waals surface area contributed by atoms with Crippen molar-refractivity contribution in [2.45, 2.75) is 335 Å². The quantitative estimate of drug-likeness (QED) is 0.0261. The van der Waals surface area contributed by atoms with Gasteiger partial charge in [-0.15, -0.1) is 0 Å². The monoisotopic (exact) mass is 1150 g/mol. The van der Waals surface area contributed by atoms with Crippen LogP contribution in [0.4, 0.5) is 0 Å². The molecule has 0 spiro atoms. The standard InChI is InChI=1S/C77H130O6/c1-4-7-10-13-16-19-22-25-27-29-31-33-34-35-36-37-38-39-40-41-42-44-45-47-49-52-55-58-61-64-67-70-76(79)82-73-74(72-81-75(78)69-66-63-60-57-54-51-24-21-18-15-12-9-6-3)83-77(80)71-68-65-62-59-56-53-50-48-46-43-32-30-28-26-23-20-17-14-11-8-5-2/h7-8,10-11,16-17,19-21,24-28,31-33,43,48,50,74H,4-6,9,12-15,18,22-23,29-30,34-42,44-47,49,51-73H2,1-3H3/b10-7-,11-8-,19-16-,20-17-,24-21-,27-25-,28-26-,33-31-,43-32-,50-48-. The van der Waals surface area contributed by atoms with Crippen LogP contribution in [0.3, 0.4) is 0 Å². The van der Waals surface area contributed by atoms with E-state index in [0.717, 1.165) is 141 Å². The van der Waals surface area contributed by atoms with Crippen molar-refractivity contribution in [3.63, 3.8) is 0 Å². The van der Waals surface area contributed by atoms with E-state index in [1.807, 2.05) is 0 Å². The normalized spacial score (nSPS) is 12.9. The molecule has 6 nitrogen and oxygen atoms in total. The average molecular weight is 1150 g/mol. The highest BCUT2D eigenvalue weighted by Gasteiger charge is 2.19. The molecule has 0 fully saturated rings. The van der Waals surface area contributed by atoms with Crippen LogP contribution < -0.4 is 0 Å². The first-order valence-electron chi connectivity index (χ1n) is 35.0. The Morgan fingerprint density at radius 2 is 0.470 bits per heavy atom. The number of unbranched alkanes of at least 4 members (excludes halogenated alkanes) is 32. The Labute approximate surface area is 513 Å². The number of ether oxygens (including phenoxy) is 3. The molecule has 0 N–H and O–H groups in total. The summed E-state index contributed by atoms with van der Waals surface area (Å²) < 4.78 is 16.9.